The van der Waals surface area contributed by atoms with Crippen LogP contribution in [0.5, 0.6) is 0 Å². The Morgan fingerprint density at radius 2 is 1.15 bits per heavy atom. The number of allylic oxidation sites excluding steroid dienone is 4. The topological polar surface area (TPSA) is 9.86 Å². The highest BCUT2D eigenvalue weighted by atomic mass is 15.0. The molecular weight excluding hydrogens is 665 g/mol. The van der Waals surface area contributed by atoms with Crippen molar-refractivity contribution >= 4 is 65.2 Å². The van der Waals surface area contributed by atoms with E-state index in [0.717, 1.165) is 0 Å². The molecule has 2 atom stereocenters. The van der Waals surface area contributed by atoms with E-state index in [1.165, 1.54) is 110 Å². The second-order valence-corrected chi connectivity index (χ2v) is 16.5. The Kier molecular flexibility index (Phi) is 5.58. The summed E-state index contributed by atoms with van der Waals surface area (Å²) in [5, 5.41) is 10.6. The Bertz CT molecular complexity index is 3390. The van der Waals surface area contributed by atoms with Crippen LogP contribution in [-0.2, 0) is 5.41 Å². The number of hydrogen-bond donors (Lipinski definition) is 0. The van der Waals surface area contributed by atoms with Crippen molar-refractivity contribution in [3.8, 4) is 33.6 Å². The van der Waals surface area contributed by atoms with Crippen molar-refractivity contribution in [3.05, 3.63) is 181 Å². The van der Waals surface area contributed by atoms with Crippen LogP contribution >= 0.6 is 0 Å². The van der Waals surface area contributed by atoms with E-state index in [-0.39, 0.29) is 5.41 Å². The summed E-state index contributed by atoms with van der Waals surface area (Å²) in [7, 11) is 0. The van der Waals surface area contributed by atoms with E-state index in [0.29, 0.717) is 11.8 Å². The molecule has 3 aliphatic rings. The molecule has 0 aliphatic heterocycles. The maximum Gasteiger partial charge on any atom is 0.0626 e. The summed E-state index contributed by atoms with van der Waals surface area (Å²) in [6, 6.07) is 55.0. The van der Waals surface area contributed by atoms with E-state index in [2.05, 4.69) is 193 Å². The zero-order chi connectivity index (χ0) is 36.2. The summed E-state index contributed by atoms with van der Waals surface area (Å²) in [6.07, 6.45) is 9.29. The highest BCUT2D eigenvalue weighted by Crippen LogP contribution is 2.56. The average molecular weight is 701 g/mol. The molecule has 8 aromatic carbocycles. The zero-order valence-corrected chi connectivity index (χ0v) is 30.7. The number of benzene rings is 8. The van der Waals surface area contributed by atoms with Gasteiger partial charge in [-0.25, -0.2) is 0 Å². The highest BCUT2D eigenvalue weighted by Gasteiger charge is 2.44. The predicted molar refractivity (Wildman–Crippen MR) is 232 cm³/mol. The third-order valence-corrected chi connectivity index (χ3v) is 13.5. The zero-order valence-electron chi connectivity index (χ0n) is 30.7. The molecule has 0 amide bonds. The largest absolute Gasteiger partial charge is 0.309 e. The van der Waals surface area contributed by atoms with Gasteiger partial charge in [0, 0.05) is 49.6 Å². The molecule has 0 N–H and O–H groups in total. The first kappa shape index (κ1) is 29.8. The van der Waals surface area contributed by atoms with Crippen LogP contribution in [0.4, 0.5) is 0 Å². The van der Waals surface area contributed by atoms with Gasteiger partial charge in [0.15, 0.2) is 0 Å². The maximum absolute atomic E-state index is 2.56. The van der Waals surface area contributed by atoms with Crippen LogP contribution in [0.1, 0.15) is 30.9 Å². The summed E-state index contributed by atoms with van der Waals surface area (Å²) in [6.45, 7) is 4.87. The summed E-state index contributed by atoms with van der Waals surface area (Å²) >= 11 is 0. The lowest BCUT2D eigenvalue weighted by molar-refractivity contribution is 0.394. The van der Waals surface area contributed by atoms with Crippen LogP contribution in [0.2, 0.25) is 0 Å². The number of fused-ring (bicyclic) bond motifs is 7. The summed E-state index contributed by atoms with van der Waals surface area (Å²) in [5.41, 5.74) is 15.5. The molecule has 55 heavy (non-hydrogen) atoms. The van der Waals surface area contributed by atoms with Gasteiger partial charge in [0.05, 0.1) is 22.1 Å². The first-order valence-electron chi connectivity index (χ1n) is 19.6. The fourth-order valence-electron chi connectivity index (χ4n) is 11.1. The van der Waals surface area contributed by atoms with Crippen molar-refractivity contribution in [2.75, 3.05) is 0 Å². The number of para-hydroxylation sites is 1. The lowest BCUT2D eigenvalue weighted by Gasteiger charge is -2.29. The van der Waals surface area contributed by atoms with E-state index in [4.69, 9.17) is 0 Å². The van der Waals surface area contributed by atoms with E-state index in [1.54, 1.807) is 0 Å². The van der Waals surface area contributed by atoms with Gasteiger partial charge < -0.3 is 9.13 Å². The lowest BCUT2D eigenvalue weighted by atomic mass is 9.74. The Hall–Kier alpha value is -6.64. The molecule has 2 aromatic heterocycles. The van der Waals surface area contributed by atoms with Gasteiger partial charge in [0.1, 0.15) is 0 Å². The van der Waals surface area contributed by atoms with E-state index >= 15 is 0 Å². The van der Waals surface area contributed by atoms with Gasteiger partial charge in [-0.2, -0.15) is 0 Å². The van der Waals surface area contributed by atoms with Crippen LogP contribution < -0.4 is 0 Å². The van der Waals surface area contributed by atoms with Crippen molar-refractivity contribution in [2.45, 2.75) is 25.2 Å². The standard InChI is InChI=1S/C53H36N2/c1-53(2)42-20-10-9-17-35(42)36-26-24-34(30-43(36)53)54-44-21-11-18-37-38-19-12-22-45-48(38)51-49-39(27-28-46(54)50(49)47(37)44)41-29-32(31-13-5-3-6-14-31)23-25-40(41)52(51)55(45)33-15-7-4-8-16-33/h3-30,35,42H,1-2H3. The van der Waals surface area contributed by atoms with E-state index in [9.17, 15) is 0 Å². The highest BCUT2D eigenvalue weighted by molar-refractivity contribution is 6.43. The fourth-order valence-corrected chi connectivity index (χ4v) is 11.1. The van der Waals surface area contributed by atoms with Crippen molar-refractivity contribution in [3.63, 3.8) is 0 Å². The Morgan fingerprint density at radius 3 is 1.95 bits per heavy atom. The van der Waals surface area contributed by atoms with Gasteiger partial charge in [0.2, 0.25) is 0 Å². The molecule has 0 bridgehead atoms. The summed E-state index contributed by atoms with van der Waals surface area (Å²) in [4.78, 5) is 0. The van der Waals surface area contributed by atoms with Crippen LogP contribution in [0.3, 0.4) is 0 Å². The van der Waals surface area contributed by atoms with E-state index in [1.807, 2.05) is 0 Å². The third-order valence-electron chi connectivity index (χ3n) is 13.5. The molecule has 0 saturated heterocycles. The summed E-state index contributed by atoms with van der Waals surface area (Å²) in [5.74, 6) is 0.898. The summed E-state index contributed by atoms with van der Waals surface area (Å²) < 4.78 is 5.09. The van der Waals surface area contributed by atoms with Crippen molar-refractivity contribution < 1.29 is 0 Å². The Balaban J connectivity index is 1.23. The second-order valence-electron chi connectivity index (χ2n) is 16.5. The minimum atomic E-state index is 0.0335. The minimum absolute atomic E-state index is 0.0335. The van der Waals surface area contributed by atoms with Crippen LogP contribution in [0.25, 0.3) is 98.8 Å². The lowest BCUT2D eigenvalue weighted by Crippen LogP contribution is -2.24. The molecule has 2 heterocycles. The Morgan fingerprint density at radius 1 is 0.455 bits per heavy atom. The number of aromatic nitrogens is 2. The molecule has 0 saturated carbocycles. The molecule has 3 aliphatic carbocycles. The molecule has 258 valence electrons. The van der Waals surface area contributed by atoms with Gasteiger partial charge in [-0.05, 0) is 104 Å². The molecule has 0 spiro atoms. The van der Waals surface area contributed by atoms with Gasteiger partial charge >= 0.3 is 0 Å². The van der Waals surface area contributed by atoms with Crippen molar-refractivity contribution in [2.24, 2.45) is 5.92 Å². The van der Waals surface area contributed by atoms with Crippen molar-refractivity contribution in [1.82, 2.24) is 9.13 Å². The fraction of sp³-hybridized carbons (Fsp3) is 0.0943. The second kappa shape index (κ2) is 10.3. The van der Waals surface area contributed by atoms with Crippen LogP contribution in [0, 0.1) is 5.92 Å². The average Bonchev–Trinajstić information content (AvgIpc) is 3.81. The molecule has 0 radical (unpaired) electrons. The van der Waals surface area contributed by atoms with Crippen LogP contribution in [-0.4, -0.2) is 9.13 Å². The first-order valence-corrected chi connectivity index (χ1v) is 19.6. The smallest absolute Gasteiger partial charge is 0.0626 e. The molecule has 2 heteroatoms. The third kappa shape index (κ3) is 3.65. The van der Waals surface area contributed by atoms with Gasteiger partial charge in [-0.1, -0.05) is 135 Å². The first-order chi connectivity index (χ1) is 27.1. The number of hydrogen-bond acceptors (Lipinski definition) is 0. The molecule has 0 fully saturated rings. The van der Waals surface area contributed by atoms with Gasteiger partial charge in [-0.3, -0.25) is 0 Å². The Labute approximate surface area is 318 Å². The maximum atomic E-state index is 2.56. The molecule has 13 rings (SSSR count). The van der Waals surface area contributed by atoms with Gasteiger partial charge in [-0.15, -0.1) is 0 Å². The number of rotatable bonds is 3. The van der Waals surface area contributed by atoms with Crippen molar-refractivity contribution in [1.29, 1.82) is 0 Å². The molecule has 10 aromatic rings. The SMILES string of the molecule is CC1(C)c2cc(-n3c4cccc5c4c4c6c(ccc43)c3cc(-c4ccccc4)ccc3c3c6c4c-5cccc4n3-c3ccccc3)ccc2C2C=CC=CC21. The monoisotopic (exact) mass is 700 g/mol. The van der Waals surface area contributed by atoms with Crippen LogP contribution in [0.15, 0.2) is 170 Å². The molecule has 2 nitrogen and oxygen atoms in total. The minimum Gasteiger partial charge on any atom is -0.309 e. The predicted octanol–water partition coefficient (Wildman–Crippen LogP) is 14.0. The molecular formula is C53H36N2. The molecule has 2 unspecified atom stereocenters. The van der Waals surface area contributed by atoms with Gasteiger partial charge in [0.25, 0.3) is 0 Å². The quantitative estimate of drug-likeness (QED) is 0.162. The van der Waals surface area contributed by atoms with E-state index < -0.39 is 0 Å². The number of nitrogens with zero attached hydrogens (tertiary/aromatic N) is 2. The normalized spacial score (nSPS) is 17.6.